The topological polar surface area (TPSA) is 75.3 Å². The minimum absolute atomic E-state index is 0.154. The van der Waals surface area contributed by atoms with E-state index in [1.165, 1.54) is 12.1 Å². The zero-order valence-corrected chi connectivity index (χ0v) is 13.8. The van der Waals surface area contributed by atoms with Crippen LogP contribution in [-0.4, -0.2) is 20.9 Å². The highest BCUT2D eigenvalue weighted by Gasteiger charge is 2.17. The van der Waals surface area contributed by atoms with Crippen LogP contribution < -0.4 is 10.0 Å². The number of anilines is 1. The minimum atomic E-state index is -3.72. The monoisotopic (exact) mass is 332 g/mol. The largest absolute Gasteiger partial charge is 0.352 e. The van der Waals surface area contributed by atoms with Crippen molar-refractivity contribution in [1.29, 1.82) is 0 Å². The normalized spacial score (nSPS) is 11.0. The second-order valence-electron chi connectivity index (χ2n) is 5.07. The van der Waals surface area contributed by atoms with Crippen molar-refractivity contribution in [3.8, 4) is 0 Å². The third-order valence-corrected chi connectivity index (χ3v) is 4.67. The number of rotatable bonds is 7. The smallest absolute Gasteiger partial charge is 0.261 e. The number of para-hydroxylation sites is 1. The summed E-state index contributed by atoms with van der Waals surface area (Å²) in [5.74, 6) is -0.287. The first-order valence-corrected chi connectivity index (χ1v) is 8.98. The number of hydrogen-bond acceptors (Lipinski definition) is 3. The number of carbonyl (C=O) groups is 1. The molecule has 2 N–H and O–H groups in total. The van der Waals surface area contributed by atoms with Crippen LogP contribution in [0.3, 0.4) is 0 Å². The number of unbranched alkanes of at least 4 members (excludes halogenated alkanes) is 1. The Kier molecular flexibility index (Phi) is 5.76. The lowest BCUT2D eigenvalue weighted by atomic mass is 10.1. The Labute approximate surface area is 136 Å². The van der Waals surface area contributed by atoms with Gasteiger partial charge in [0, 0.05) is 6.54 Å². The van der Waals surface area contributed by atoms with Gasteiger partial charge in [-0.25, -0.2) is 8.42 Å². The van der Waals surface area contributed by atoms with Crippen LogP contribution in [0.4, 0.5) is 5.69 Å². The number of nitrogens with one attached hydrogen (secondary N) is 2. The van der Waals surface area contributed by atoms with Gasteiger partial charge in [0.25, 0.3) is 15.9 Å². The number of sulfonamides is 1. The predicted octanol–water partition coefficient (Wildman–Crippen LogP) is 3.02. The Balaban J connectivity index is 2.22. The molecule has 0 unspecified atom stereocenters. The summed E-state index contributed by atoms with van der Waals surface area (Å²) in [6, 6.07) is 14.6. The van der Waals surface area contributed by atoms with Gasteiger partial charge in [0.05, 0.1) is 16.1 Å². The summed E-state index contributed by atoms with van der Waals surface area (Å²) >= 11 is 0. The average Bonchev–Trinajstić information content (AvgIpc) is 2.56. The van der Waals surface area contributed by atoms with Crippen molar-refractivity contribution >= 4 is 21.6 Å². The SMILES string of the molecule is CCCCNC(=O)c1ccccc1NS(=O)(=O)c1ccccc1. The van der Waals surface area contributed by atoms with Gasteiger partial charge >= 0.3 is 0 Å². The number of hydrogen-bond donors (Lipinski definition) is 2. The molecule has 23 heavy (non-hydrogen) atoms. The van der Waals surface area contributed by atoms with Crippen LogP contribution in [0.2, 0.25) is 0 Å². The first kappa shape index (κ1) is 17.0. The average molecular weight is 332 g/mol. The molecule has 0 fully saturated rings. The maximum absolute atomic E-state index is 12.4. The third-order valence-electron chi connectivity index (χ3n) is 3.29. The van der Waals surface area contributed by atoms with Crippen molar-refractivity contribution in [2.75, 3.05) is 11.3 Å². The Morgan fingerprint density at radius 1 is 1.00 bits per heavy atom. The van der Waals surface area contributed by atoms with E-state index in [0.717, 1.165) is 12.8 Å². The van der Waals surface area contributed by atoms with E-state index in [4.69, 9.17) is 0 Å². The Bertz CT molecular complexity index is 758. The van der Waals surface area contributed by atoms with E-state index in [9.17, 15) is 13.2 Å². The minimum Gasteiger partial charge on any atom is -0.352 e. The van der Waals surface area contributed by atoms with Gasteiger partial charge in [-0.05, 0) is 30.7 Å². The molecule has 122 valence electrons. The van der Waals surface area contributed by atoms with Gasteiger partial charge in [-0.3, -0.25) is 9.52 Å². The summed E-state index contributed by atoms with van der Waals surface area (Å²) in [4.78, 5) is 12.4. The van der Waals surface area contributed by atoms with E-state index >= 15 is 0 Å². The van der Waals surface area contributed by atoms with E-state index in [2.05, 4.69) is 10.0 Å². The van der Waals surface area contributed by atoms with Crippen LogP contribution in [0.1, 0.15) is 30.1 Å². The maximum Gasteiger partial charge on any atom is 0.261 e. The molecule has 2 aromatic carbocycles. The summed E-state index contributed by atoms with van der Waals surface area (Å²) in [5.41, 5.74) is 0.577. The van der Waals surface area contributed by atoms with Crippen LogP contribution in [0.25, 0.3) is 0 Å². The quantitative estimate of drug-likeness (QED) is 0.765. The highest BCUT2D eigenvalue weighted by atomic mass is 32.2. The molecule has 2 rings (SSSR count). The van der Waals surface area contributed by atoms with Gasteiger partial charge in [-0.2, -0.15) is 0 Å². The third kappa shape index (κ3) is 4.56. The second-order valence-corrected chi connectivity index (χ2v) is 6.76. The van der Waals surface area contributed by atoms with Crippen LogP contribution >= 0.6 is 0 Å². The molecule has 0 aliphatic carbocycles. The zero-order valence-electron chi connectivity index (χ0n) is 13.0. The van der Waals surface area contributed by atoms with Gasteiger partial charge in [0.15, 0.2) is 0 Å². The number of amides is 1. The molecular formula is C17H20N2O3S. The maximum atomic E-state index is 12.4. The molecule has 5 nitrogen and oxygen atoms in total. The lowest BCUT2D eigenvalue weighted by Gasteiger charge is -2.12. The molecule has 0 atom stereocenters. The van der Waals surface area contributed by atoms with Crippen LogP contribution in [0, 0.1) is 0 Å². The molecule has 0 bridgehead atoms. The predicted molar refractivity (Wildman–Crippen MR) is 90.9 cm³/mol. The fourth-order valence-electron chi connectivity index (χ4n) is 2.05. The number of carbonyl (C=O) groups excluding carboxylic acids is 1. The van der Waals surface area contributed by atoms with Gasteiger partial charge in [-0.15, -0.1) is 0 Å². The molecule has 6 heteroatoms. The summed E-state index contributed by atoms with van der Waals surface area (Å²) < 4.78 is 27.3. The molecule has 0 radical (unpaired) electrons. The Morgan fingerprint density at radius 3 is 2.35 bits per heavy atom. The summed E-state index contributed by atoms with van der Waals surface area (Å²) in [5, 5.41) is 2.79. The standard InChI is InChI=1S/C17H20N2O3S/c1-2-3-13-18-17(20)15-11-7-8-12-16(15)19-23(21,22)14-9-5-4-6-10-14/h4-12,19H,2-3,13H2,1H3,(H,18,20). The summed E-state index contributed by atoms with van der Waals surface area (Å²) in [6.45, 7) is 2.60. The lowest BCUT2D eigenvalue weighted by molar-refractivity contribution is 0.0954. The molecule has 1 amide bonds. The van der Waals surface area contributed by atoms with Crippen LogP contribution in [0.5, 0.6) is 0 Å². The zero-order chi connectivity index (χ0) is 16.7. The fraction of sp³-hybridized carbons (Fsp3) is 0.235. The molecule has 2 aromatic rings. The van der Waals surface area contributed by atoms with E-state index in [-0.39, 0.29) is 16.5 Å². The molecule has 0 saturated heterocycles. The lowest BCUT2D eigenvalue weighted by Crippen LogP contribution is -2.26. The molecule has 0 spiro atoms. The van der Waals surface area contributed by atoms with Gasteiger partial charge in [0.1, 0.15) is 0 Å². The van der Waals surface area contributed by atoms with Crippen molar-refractivity contribution in [2.24, 2.45) is 0 Å². The van der Waals surface area contributed by atoms with Crippen molar-refractivity contribution < 1.29 is 13.2 Å². The first-order chi connectivity index (χ1) is 11.0. The first-order valence-electron chi connectivity index (χ1n) is 7.49. The molecular weight excluding hydrogens is 312 g/mol. The van der Waals surface area contributed by atoms with Crippen molar-refractivity contribution in [1.82, 2.24) is 5.32 Å². The Morgan fingerprint density at radius 2 is 1.65 bits per heavy atom. The molecule has 0 aliphatic heterocycles. The highest BCUT2D eigenvalue weighted by molar-refractivity contribution is 7.92. The van der Waals surface area contributed by atoms with Gasteiger partial charge < -0.3 is 5.32 Å². The van der Waals surface area contributed by atoms with Crippen molar-refractivity contribution in [3.63, 3.8) is 0 Å². The second kappa shape index (κ2) is 7.78. The van der Waals surface area contributed by atoms with Crippen LogP contribution in [-0.2, 0) is 10.0 Å². The molecule has 0 heterocycles. The fourth-order valence-corrected chi connectivity index (χ4v) is 3.15. The highest BCUT2D eigenvalue weighted by Crippen LogP contribution is 2.20. The van der Waals surface area contributed by atoms with Gasteiger partial charge in [-0.1, -0.05) is 43.7 Å². The van der Waals surface area contributed by atoms with Crippen LogP contribution in [0.15, 0.2) is 59.5 Å². The Hall–Kier alpha value is -2.34. The van der Waals surface area contributed by atoms with Gasteiger partial charge in [0.2, 0.25) is 0 Å². The van der Waals surface area contributed by atoms with E-state index < -0.39 is 10.0 Å². The molecule has 0 saturated carbocycles. The number of benzene rings is 2. The molecule has 0 aliphatic rings. The van der Waals surface area contributed by atoms with E-state index in [1.54, 1.807) is 42.5 Å². The van der Waals surface area contributed by atoms with E-state index in [0.29, 0.717) is 12.1 Å². The van der Waals surface area contributed by atoms with E-state index in [1.807, 2.05) is 6.92 Å². The summed E-state index contributed by atoms with van der Waals surface area (Å²) in [6.07, 6.45) is 1.85. The van der Waals surface area contributed by atoms with Crippen molar-refractivity contribution in [2.45, 2.75) is 24.7 Å². The summed E-state index contributed by atoms with van der Waals surface area (Å²) in [7, 11) is -3.72. The van der Waals surface area contributed by atoms with Crippen molar-refractivity contribution in [3.05, 3.63) is 60.2 Å². The molecule has 0 aromatic heterocycles.